The molecule has 0 saturated carbocycles. The van der Waals surface area contributed by atoms with Gasteiger partial charge in [0, 0.05) is 0 Å². The van der Waals surface area contributed by atoms with Crippen LogP contribution in [-0.4, -0.2) is 46.5 Å². The first-order chi connectivity index (χ1) is 10.8. The van der Waals surface area contributed by atoms with Gasteiger partial charge in [-0.25, -0.2) is 9.18 Å². The summed E-state index contributed by atoms with van der Waals surface area (Å²) in [6.45, 7) is 20.8. The van der Waals surface area contributed by atoms with Crippen molar-refractivity contribution in [2.24, 2.45) is 0 Å². The summed E-state index contributed by atoms with van der Waals surface area (Å²) in [7, 11) is -4.41. The molecule has 0 aliphatic carbocycles. The molecule has 0 aromatic rings. The molecule has 1 fully saturated rings. The topological polar surface area (TPSA) is 44.8 Å². The molecule has 1 heterocycles. The molecule has 148 valence electrons. The van der Waals surface area contributed by atoms with Crippen molar-refractivity contribution < 1.29 is 22.8 Å². The van der Waals surface area contributed by atoms with Crippen molar-refractivity contribution in [2.75, 3.05) is 6.61 Å². The van der Waals surface area contributed by atoms with Crippen molar-refractivity contribution in [1.82, 2.24) is 0 Å². The number of ether oxygens (including phenoxy) is 1. The lowest BCUT2D eigenvalue weighted by Gasteiger charge is -2.41. The van der Waals surface area contributed by atoms with E-state index in [1.54, 1.807) is 0 Å². The molecule has 0 amide bonds. The number of carbonyl (C=O) groups is 1. The highest BCUT2D eigenvalue weighted by Crippen LogP contribution is 2.44. The molecule has 8 heteroatoms. The Morgan fingerprint density at radius 1 is 1.08 bits per heavy atom. The molecule has 25 heavy (non-hydrogen) atoms. The highest BCUT2D eigenvalue weighted by Gasteiger charge is 2.61. The van der Waals surface area contributed by atoms with Crippen LogP contribution < -0.4 is 0 Å². The number of esters is 1. The molecule has 0 N–H and O–H groups in total. The van der Waals surface area contributed by atoms with Crippen molar-refractivity contribution in [2.45, 2.75) is 95.1 Å². The fourth-order valence-electron chi connectivity index (χ4n) is 1.90. The van der Waals surface area contributed by atoms with Crippen LogP contribution in [0, 0.1) is 0 Å². The van der Waals surface area contributed by atoms with Gasteiger partial charge >= 0.3 is 11.1 Å². The smallest absolute Gasteiger partial charge is 0.363 e. The largest absolute Gasteiger partial charge is 0.454 e. The number of cyclic esters (lactones) is 1. The molecule has 1 aliphatic heterocycles. The third-order valence-electron chi connectivity index (χ3n) is 5.87. The molecule has 0 radical (unpaired) electrons. The summed E-state index contributed by atoms with van der Waals surface area (Å²) in [5.41, 5.74) is 0. The lowest BCUT2D eigenvalue weighted by Crippen LogP contribution is -2.52. The van der Waals surface area contributed by atoms with E-state index in [1.807, 2.05) is 33.9 Å². The summed E-state index contributed by atoms with van der Waals surface area (Å²) >= 11 is 5.89. The fourth-order valence-corrected chi connectivity index (χ4v) is 4.52. The molecule has 3 unspecified atom stereocenters. The lowest BCUT2D eigenvalue weighted by molar-refractivity contribution is -0.147. The highest BCUT2D eigenvalue weighted by atomic mass is 35.5. The first kappa shape index (κ1) is 23.1. The zero-order valence-electron chi connectivity index (χ0n) is 17.3. The van der Waals surface area contributed by atoms with Gasteiger partial charge in [0.1, 0.15) is 6.10 Å². The van der Waals surface area contributed by atoms with Crippen LogP contribution in [0.1, 0.15) is 41.5 Å². The first-order valence-electron chi connectivity index (χ1n) is 8.73. The fraction of sp³-hybridized carbons (Fsp3) is 0.941. The van der Waals surface area contributed by atoms with Gasteiger partial charge < -0.3 is 13.6 Å². The normalized spacial score (nSPS) is 29.0. The van der Waals surface area contributed by atoms with Gasteiger partial charge in [0.15, 0.2) is 22.7 Å². The van der Waals surface area contributed by atoms with Crippen LogP contribution in [0.3, 0.4) is 0 Å². The minimum absolute atomic E-state index is 0.000828. The van der Waals surface area contributed by atoms with E-state index in [0.29, 0.717) is 0 Å². The van der Waals surface area contributed by atoms with Gasteiger partial charge in [-0.1, -0.05) is 53.1 Å². The Labute approximate surface area is 159 Å². The minimum atomic E-state index is -2.67. The summed E-state index contributed by atoms with van der Waals surface area (Å²) in [6.07, 6.45) is -1.99. The molecule has 0 bridgehead atoms. The monoisotopic (exact) mass is 412 g/mol. The quantitative estimate of drug-likeness (QED) is 0.352. The second-order valence-electron chi connectivity index (χ2n) is 9.94. The van der Waals surface area contributed by atoms with Gasteiger partial charge in [-0.3, -0.25) is 0 Å². The molecule has 1 aliphatic rings. The molecule has 1 rings (SSSR count). The Balaban J connectivity index is 3.00. The van der Waals surface area contributed by atoms with Crippen LogP contribution in [-0.2, 0) is 18.4 Å². The third kappa shape index (κ3) is 4.86. The summed E-state index contributed by atoms with van der Waals surface area (Å²) in [5, 5.41) is -2.81. The van der Waals surface area contributed by atoms with E-state index >= 15 is 0 Å². The number of alkyl halides is 2. The molecule has 3 atom stereocenters. The number of carbonyl (C=O) groups excluding carboxylic acids is 1. The molecular weight excluding hydrogens is 379 g/mol. The van der Waals surface area contributed by atoms with E-state index < -0.39 is 39.9 Å². The lowest BCUT2D eigenvalue weighted by atomic mass is 10.2. The van der Waals surface area contributed by atoms with Gasteiger partial charge in [-0.15, -0.1) is 0 Å². The summed E-state index contributed by atoms with van der Waals surface area (Å²) in [5.74, 6) is -1.08. The Bertz CT molecular complexity index is 510. The van der Waals surface area contributed by atoms with Gasteiger partial charge in [0.2, 0.25) is 0 Å². The van der Waals surface area contributed by atoms with Crippen LogP contribution in [0.4, 0.5) is 4.39 Å². The summed E-state index contributed by atoms with van der Waals surface area (Å²) < 4.78 is 32.3. The highest BCUT2D eigenvalue weighted by molar-refractivity contribution is 6.74. The number of hydrogen-bond acceptors (Lipinski definition) is 4. The van der Waals surface area contributed by atoms with E-state index in [-0.39, 0.29) is 16.7 Å². The standard InChI is InChI=1S/C17H34ClFO4Si2/c1-15(2,3)24(7,8)21-11-12-13(17(18,19)14(20)22-12)23-25(9,10)16(4,5)6/h12-13H,11H2,1-10H3. The van der Waals surface area contributed by atoms with E-state index in [0.717, 1.165) is 0 Å². The van der Waals surface area contributed by atoms with Crippen LogP contribution in [0.15, 0.2) is 0 Å². The maximum absolute atomic E-state index is 14.8. The Hall–Kier alpha value is 0.0438. The van der Waals surface area contributed by atoms with E-state index in [2.05, 4.69) is 33.9 Å². The second kappa shape index (κ2) is 6.89. The Morgan fingerprint density at radius 2 is 1.52 bits per heavy atom. The summed E-state index contributed by atoms with van der Waals surface area (Å²) in [4.78, 5) is 11.9. The van der Waals surface area contributed by atoms with Crippen LogP contribution in [0.5, 0.6) is 0 Å². The number of hydrogen-bond donors (Lipinski definition) is 0. The van der Waals surface area contributed by atoms with Gasteiger partial charge in [-0.2, -0.15) is 0 Å². The van der Waals surface area contributed by atoms with E-state index in [1.165, 1.54) is 0 Å². The number of halogens is 2. The molecule has 0 spiro atoms. The van der Waals surface area contributed by atoms with Gasteiger partial charge in [0.25, 0.3) is 0 Å². The van der Waals surface area contributed by atoms with Gasteiger partial charge in [-0.05, 0) is 36.3 Å². The predicted octanol–water partition coefficient (Wildman–Crippen LogP) is 5.23. The zero-order valence-corrected chi connectivity index (χ0v) is 20.0. The Morgan fingerprint density at radius 3 is 1.92 bits per heavy atom. The average molecular weight is 413 g/mol. The summed E-state index contributed by atoms with van der Waals surface area (Å²) in [6, 6.07) is 0. The maximum atomic E-state index is 14.8. The molecule has 1 saturated heterocycles. The molecule has 0 aromatic carbocycles. The molecule has 4 nitrogen and oxygen atoms in total. The third-order valence-corrected chi connectivity index (χ3v) is 15.2. The first-order valence-corrected chi connectivity index (χ1v) is 14.9. The van der Waals surface area contributed by atoms with Crippen molar-refractivity contribution in [3.8, 4) is 0 Å². The van der Waals surface area contributed by atoms with E-state index in [9.17, 15) is 9.18 Å². The van der Waals surface area contributed by atoms with Crippen molar-refractivity contribution >= 4 is 34.2 Å². The van der Waals surface area contributed by atoms with Gasteiger partial charge in [0.05, 0.1) is 6.61 Å². The number of rotatable bonds is 5. The van der Waals surface area contributed by atoms with Crippen molar-refractivity contribution in [3.05, 3.63) is 0 Å². The Kier molecular flexibility index (Phi) is 6.36. The molecule has 0 aromatic heterocycles. The van der Waals surface area contributed by atoms with Crippen LogP contribution >= 0.6 is 11.6 Å². The average Bonchev–Trinajstić information content (AvgIpc) is 2.57. The van der Waals surface area contributed by atoms with Crippen molar-refractivity contribution in [3.63, 3.8) is 0 Å². The van der Waals surface area contributed by atoms with Crippen LogP contribution in [0.2, 0.25) is 36.3 Å². The second-order valence-corrected chi connectivity index (χ2v) is 20.1. The predicted molar refractivity (Wildman–Crippen MR) is 105 cm³/mol. The zero-order chi connectivity index (χ0) is 20.1. The van der Waals surface area contributed by atoms with E-state index in [4.69, 9.17) is 25.2 Å². The van der Waals surface area contributed by atoms with Crippen molar-refractivity contribution in [1.29, 1.82) is 0 Å². The minimum Gasteiger partial charge on any atom is -0.454 e. The maximum Gasteiger partial charge on any atom is 0.363 e. The molecular formula is C17H34ClFO4Si2. The van der Waals surface area contributed by atoms with Crippen LogP contribution in [0.25, 0.3) is 0 Å². The SMILES string of the molecule is CC(C)(C)[Si](C)(C)OCC1OC(=O)C(F)(Cl)C1O[Si](C)(C)C(C)(C)C.